The molecule has 4 atom stereocenters. The van der Waals surface area contributed by atoms with E-state index in [1.165, 1.54) is 18.3 Å². The van der Waals surface area contributed by atoms with Gasteiger partial charge in [-0.05, 0) is 49.8 Å². The van der Waals surface area contributed by atoms with Gasteiger partial charge in [-0.1, -0.05) is 12.5 Å². The monoisotopic (exact) mass is 480 g/mol. The first-order valence-corrected chi connectivity index (χ1v) is 12.0. The van der Waals surface area contributed by atoms with E-state index in [2.05, 4.69) is 30.7 Å². The molecule has 1 aromatic carbocycles. The lowest BCUT2D eigenvalue weighted by Gasteiger charge is -2.46. The number of rotatable bonds is 6. The number of alkyl halides is 1. The molecule has 9 nitrogen and oxygen atoms in total. The highest BCUT2D eigenvalue weighted by atomic mass is 19.1. The quantitative estimate of drug-likeness (QED) is 0.549. The van der Waals surface area contributed by atoms with Gasteiger partial charge in [0.05, 0.1) is 29.6 Å². The smallest absolute Gasteiger partial charge is 0.245 e. The minimum Gasteiger partial charge on any atom is -0.507 e. The van der Waals surface area contributed by atoms with Crippen LogP contribution in [0.2, 0.25) is 0 Å². The first-order chi connectivity index (χ1) is 18.2. The summed E-state index contributed by atoms with van der Waals surface area (Å²) in [4.78, 5) is 6.59. The third-order valence-corrected chi connectivity index (χ3v) is 7.22. The summed E-state index contributed by atoms with van der Waals surface area (Å²) in [6, 6.07) is 6.51. The number of methoxy groups -OCH3 is 1. The molecule has 0 amide bonds. The molecule has 10 heteroatoms. The maximum Gasteiger partial charge on any atom is 0.245 e. The summed E-state index contributed by atoms with van der Waals surface area (Å²) >= 11 is 0. The van der Waals surface area contributed by atoms with Crippen molar-refractivity contribution in [1.82, 2.24) is 30.7 Å². The zero-order valence-corrected chi connectivity index (χ0v) is 19.0. The van der Waals surface area contributed by atoms with Crippen molar-refractivity contribution < 1.29 is 18.3 Å². The fourth-order valence-corrected chi connectivity index (χ4v) is 5.38. The van der Waals surface area contributed by atoms with E-state index in [4.69, 9.17) is 8.85 Å². The summed E-state index contributed by atoms with van der Waals surface area (Å²) in [6.45, 7) is 0. The number of nitrogens with one attached hydrogen (secondary N) is 1. The van der Waals surface area contributed by atoms with E-state index in [1.807, 2.05) is 4.90 Å². The van der Waals surface area contributed by atoms with Crippen molar-refractivity contribution >= 4 is 5.95 Å². The van der Waals surface area contributed by atoms with Gasteiger partial charge in [-0.15, -0.1) is 15.3 Å². The molecule has 1 aliphatic carbocycles. The molecule has 0 radical (unpaired) electrons. The van der Waals surface area contributed by atoms with Gasteiger partial charge in [0.15, 0.2) is 0 Å². The molecular weight excluding hydrogens is 449 g/mol. The van der Waals surface area contributed by atoms with Crippen molar-refractivity contribution in [2.45, 2.75) is 68.9 Å². The Morgan fingerprint density at radius 3 is 2.80 bits per heavy atom. The van der Waals surface area contributed by atoms with Crippen LogP contribution in [0.25, 0.3) is 22.4 Å². The van der Waals surface area contributed by atoms with Crippen LogP contribution in [0.1, 0.15) is 42.6 Å². The number of ether oxygens (including phenoxy) is 1. The van der Waals surface area contributed by atoms with Crippen LogP contribution in [0.3, 0.4) is 0 Å². The Morgan fingerprint density at radius 2 is 2.03 bits per heavy atom. The van der Waals surface area contributed by atoms with Crippen LogP contribution in [0.4, 0.5) is 10.3 Å². The Labute approximate surface area is 207 Å². The molecule has 3 fully saturated rings. The van der Waals surface area contributed by atoms with Crippen molar-refractivity contribution in [3.63, 3.8) is 0 Å². The lowest BCUT2D eigenvalue weighted by atomic mass is 9.82. The normalized spacial score (nSPS) is 27.4. The number of phenols is 1. The predicted molar refractivity (Wildman–Crippen MR) is 128 cm³/mol. The Kier molecular flexibility index (Phi) is 4.85. The molecule has 2 bridgehead atoms. The number of anilines is 1. The van der Waals surface area contributed by atoms with E-state index in [9.17, 15) is 5.11 Å². The molecule has 0 unspecified atom stereocenters. The lowest BCUT2D eigenvalue weighted by Crippen LogP contribution is -2.62. The number of benzene rings is 1. The number of phenolic OH excluding ortho intramolecular Hbond substituents is 1. The number of piperidine rings is 2. The van der Waals surface area contributed by atoms with Gasteiger partial charge in [-0.25, -0.2) is 9.37 Å². The molecule has 2 aliphatic heterocycles. The number of nitrogens with zero attached hydrogens (tertiary/aromatic N) is 6. The molecule has 35 heavy (non-hydrogen) atoms. The maximum absolute atomic E-state index is 15.5. The zero-order chi connectivity index (χ0) is 26.4. The Balaban J connectivity index is 1.23. The van der Waals surface area contributed by atoms with Crippen LogP contribution in [0, 0.1) is 0 Å². The Bertz CT molecular complexity index is 1310. The maximum atomic E-state index is 15.5. The summed E-state index contributed by atoms with van der Waals surface area (Å²) in [7, 11) is -2.65. The molecule has 4 heterocycles. The average molecular weight is 481 g/mol. The Morgan fingerprint density at radius 1 is 1.11 bits per heavy atom. The van der Waals surface area contributed by atoms with E-state index in [0.29, 0.717) is 34.4 Å². The molecule has 1 saturated carbocycles. The second-order valence-electron chi connectivity index (χ2n) is 9.55. The van der Waals surface area contributed by atoms with E-state index in [1.54, 1.807) is 18.3 Å². The van der Waals surface area contributed by atoms with Crippen molar-refractivity contribution in [1.29, 1.82) is 0 Å². The van der Waals surface area contributed by atoms with Gasteiger partial charge in [0.25, 0.3) is 0 Å². The SMILES string of the molecule is [2H]C([2H])([2H])Oc1cc(-c2ccc(-c3cnc(N(C4CC4)[C@@H]4C[C@@H]5CCC[C@H](N5)[C@@H]4F)nn3)c(O)c2)cnn1. The highest BCUT2D eigenvalue weighted by Crippen LogP contribution is 2.39. The first-order valence-electron chi connectivity index (χ1n) is 13.5. The van der Waals surface area contributed by atoms with Gasteiger partial charge in [0.2, 0.25) is 11.8 Å². The number of aromatic hydroxyl groups is 1. The fraction of sp³-hybridized carbons (Fsp3) is 0.480. The van der Waals surface area contributed by atoms with E-state index in [0.717, 1.165) is 38.5 Å². The van der Waals surface area contributed by atoms with Crippen LogP contribution in [0.5, 0.6) is 11.6 Å². The largest absolute Gasteiger partial charge is 0.507 e. The van der Waals surface area contributed by atoms with Crippen molar-refractivity contribution in [3.05, 3.63) is 36.7 Å². The highest BCUT2D eigenvalue weighted by molar-refractivity contribution is 5.74. The summed E-state index contributed by atoms with van der Waals surface area (Å²) in [5, 5.41) is 30.4. The number of hydrogen-bond acceptors (Lipinski definition) is 9. The molecule has 182 valence electrons. The van der Waals surface area contributed by atoms with Crippen molar-refractivity contribution in [2.75, 3.05) is 11.9 Å². The minimum atomic E-state index is -2.65. The second-order valence-corrected chi connectivity index (χ2v) is 9.55. The third kappa shape index (κ3) is 4.27. The molecule has 3 aromatic rings. The molecule has 2 aromatic heterocycles. The van der Waals surface area contributed by atoms with Crippen molar-refractivity contribution in [3.8, 4) is 34.0 Å². The van der Waals surface area contributed by atoms with Gasteiger partial charge < -0.3 is 20.1 Å². The molecular formula is C25H28FN7O2. The first kappa shape index (κ1) is 18.9. The summed E-state index contributed by atoms with van der Waals surface area (Å²) in [6.07, 6.45) is 7.69. The molecule has 0 spiro atoms. The van der Waals surface area contributed by atoms with Gasteiger partial charge in [-0.3, -0.25) is 0 Å². The van der Waals surface area contributed by atoms with Crippen molar-refractivity contribution in [2.24, 2.45) is 0 Å². The second kappa shape index (κ2) is 8.99. The third-order valence-electron chi connectivity index (χ3n) is 7.22. The van der Waals surface area contributed by atoms with Gasteiger partial charge in [-0.2, -0.15) is 5.10 Å². The summed E-state index contributed by atoms with van der Waals surface area (Å²) in [5.74, 6) is 0.213. The molecule has 6 rings (SSSR count). The van der Waals surface area contributed by atoms with Gasteiger partial charge in [0, 0.05) is 35.3 Å². The number of aromatic nitrogens is 5. The van der Waals surface area contributed by atoms with Crippen LogP contribution >= 0.6 is 0 Å². The van der Waals surface area contributed by atoms with Crippen LogP contribution in [-0.2, 0) is 0 Å². The standard InChI is InChI=1S/C25H28FN7O2/c1-35-23-10-15(12-28-31-23)14-5-8-18(22(34)9-14)20-13-27-25(32-30-20)33(17-6-7-17)21-11-16-3-2-4-19(29-16)24(21)26/h5,8-10,12-13,16-17,19,21,24,29,34H,2-4,6-7,11H2,1H3/t16-,19-,21+,24-/m0/s1/i1D3. The summed E-state index contributed by atoms with van der Waals surface area (Å²) < 4.78 is 42.0. The number of hydrogen-bond donors (Lipinski definition) is 2. The molecule has 2 saturated heterocycles. The average Bonchev–Trinajstić information content (AvgIpc) is 3.72. The van der Waals surface area contributed by atoms with E-state index < -0.39 is 13.2 Å². The molecule has 3 aliphatic rings. The predicted octanol–water partition coefficient (Wildman–Crippen LogP) is 3.30. The Hall–Kier alpha value is -3.40. The summed E-state index contributed by atoms with van der Waals surface area (Å²) in [5.41, 5.74) is 1.92. The number of fused-ring (bicyclic) bond motifs is 2. The minimum absolute atomic E-state index is 0.0597. The molecule has 2 N–H and O–H groups in total. The highest BCUT2D eigenvalue weighted by Gasteiger charge is 2.47. The van der Waals surface area contributed by atoms with Crippen LogP contribution < -0.4 is 15.0 Å². The van der Waals surface area contributed by atoms with Crippen LogP contribution in [-0.4, -0.2) is 67.9 Å². The zero-order valence-electron chi connectivity index (χ0n) is 22.0. The van der Waals surface area contributed by atoms with Crippen LogP contribution in [0.15, 0.2) is 36.7 Å². The van der Waals surface area contributed by atoms with E-state index in [-0.39, 0.29) is 29.8 Å². The fourth-order valence-electron chi connectivity index (χ4n) is 5.38. The van der Waals surface area contributed by atoms with E-state index >= 15 is 4.39 Å². The number of halogens is 1. The van der Waals surface area contributed by atoms with Gasteiger partial charge >= 0.3 is 0 Å². The topological polar surface area (TPSA) is 109 Å². The lowest BCUT2D eigenvalue weighted by molar-refractivity contribution is 0.103. The van der Waals surface area contributed by atoms with Gasteiger partial charge in [0.1, 0.15) is 17.6 Å².